The van der Waals surface area contributed by atoms with E-state index in [1.54, 1.807) is 37.4 Å². The van der Waals surface area contributed by atoms with E-state index in [4.69, 9.17) is 4.74 Å². The fourth-order valence-electron chi connectivity index (χ4n) is 2.13. The van der Waals surface area contributed by atoms with E-state index in [0.29, 0.717) is 11.3 Å². The first-order valence-electron chi connectivity index (χ1n) is 6.99. The van der Waals surface area contributed by atoms with Crippen LogP contribution in [0.15, 0.2) is 42.7 Å². The van der Waals surface area contributed by atoms with E-state index in [0.717, 1.165) is 11.6 Å². The molecule has 8 heteroatoms. The number of alkyl halides is 3. The van der Waals surface area contributed by atoms with Crippen LogP contribution in [-0.4, -0.2) is 26.9 Å². The molecule has 0 saturated heterocycles. The molecular weight excluding hydrogens is 321 g/mol. The third kappa shape index (κ3) is 3.22. The Balaban J connectivity index is 2.18. The van der Waals surface area contributed by atoms with Crippen LogP contribution in [0.25, 0.3) is 17.2 Å². The molecule has 0 aliphatic heterocycles. The SMILES string of the molecule is COc1cccc(-c2cc(C(F)(F)F)nc(-n3cc(C)cn3)n2)c1. The summed E-state index contributed by atoms with van der Waals surface area (Å²) in [5, 5.41) is 3.98. The first kappa shape index (κ1) is 16.0. The maximum absolute atomic E-state index is 13.2. The average molecular weight is 334 g/mol. The lowest BCUT2D eigenvalue weighted by molar-refractivity contribution is -0.141. The molecule has 0 aliphatic rings. The molecule has 0 radical (unpaired) electrons. The zero-order valence-corrected chi connectivity index (χ0v) is 12.9. The summed E-state index contributed by atoms with van der Waals surface area (Å²) in [5.74, 6) is 0.381. The zero-order valence-electron chi connectivity index (χ0n) is 12.9. The lowest BCUT2D eigenvalue weighted by Gasteiger charge is -2.11. The van der Waals surface area contributed by atoms with Gasteiger partial charge in [0.1, 0.15) is 5.75 Å². The summed E-state index contributed by atoms with van der Waals surface area (Å²) in [6.45, 7) is 1.78. The maximum atomic E-state index is 13.2. The van der Waals surface area contributed by atoms with Crippen LogP contribution in [0.2, 0.25) is 0 Å². The van der Waals surface area contributed by atoms with Crippen LogP contribution < -0.4 is 4.74 Å². The predicted molar refractivity (Wildman–Crippen MR) is 80.9 cm³/mol. The highest BCUT2D eigenvalue weighted by Gasteiger charge is 2.34. The largest absolute Gasteiger partial charge is 0.497 e. The number of halogens is 3. The van der Waals surface area contributed by atoms with Crippen LogP contribution in [0.4, 0.5) is 13.2 Å². The first-order valence-corrected chi connectivity index (χ1v) is 6.99. The minimum Gasteiger partial charge on any atom is -0.497 e. The molecule has 3 aromatic rings. The number of hydrogen-bond donors (Lipinski definition) is 0. The molecule has 0 N–H and O–H groups in total. The third-order valence-corrected chi connectivity index (χ3v) is 3.29. The maximum Gasteiger partial charge on any atom is 0.433 e. The standard InChI is InChI=1S/C16H13F3N4O/c1-10-8-20-23(9-10)15-21-13(7-14(22-15)16(17,18)19)11-4-3-5-12(6-11)24-2/h3-9H,1-2H3. The molecule has 0 saturated carbocycles. The molecule has 0 spiro atoms. The van der Waals surface area contributed by atoms with Gasteiger partial charge in [0.25, 0.3) is 5.95 Å². The Bertz CT molecular complexity index is 874. The van der Waals surface area contributed by atoms with Crippen LogP contribution in [0.5, 0.6) is 5.75 Å². The average Bonchev–Trinajstić information content (AvgIpc) is 3.00. The molecule has 0 unspecified atom stereocenters. The summed E-state index contributed by atoms with van der Waals surface area (Å²) in [6.07, 6.45) is -1.51. The van der Waals surface area contributed by atoms with Crippen LogP contribution >= 0.6 is 0 Å². The van der Waals surface area contributed by atoms with Crippen LogP contribution in [0.3, 0.4) is 0 Å². The lowest BCUT2D eigenvalue weighted by atomic mass is 10.1. The minimum absolute atomic E-state index is 0.138. The van der Waals surface area contributed by atoms with E-state index in [1.807, 2.05) is 0 Å². The van der Waals surface area contributed by atoms with Gasteiger partial charge in [-0.3, -0.25) is 0 Å². The van der Waals surface area contributed by atoms with Gasteiger partial charge in [0.2, 0.25) is 0 Å². The second-order valence-electron chi connectivity index (χ2n) is 5.13. The van der Waals surface area contributed by atoms with Gasteiger partial charge in [0.15, 0.2) is 5.69 Å². The van der Waals surface area contributed by atoms with Gasteiger partial charge in [0, 0.05) is 11.8 Å². The Morgan fingerprint density at radius 2 is 1.92 bits per heavy atom. The molecule has 2 aromatic heterocycles. The van der Waals surface area contributed by atoms with E-state index < -0.39 is 11.9 Å². The fourth-order valence-corrected chi connectivity index (χ4v) is 2.13. The highest BCUT2D eigenvalue weighted by atomic mass is 19.4. The normalized spacial score (nSPS) is 11.5. The van der Waals surface area contributed by atoms with E-state index >= 15 is 0 Å². The number of aromatic nitrogens is 4. The lowest BCUT2D eigenvalue weighted by Crippen LogP contribution is -2.13. The van der Waals surface area contributed by atoms with Crippen LogP contribution in [-0.2, 0) is 6.18 Å². The highest BCUT2D eigenvalue weighted by molar-refractivity contribution is 5.62. The van der Waals surface area contributed by atoms with Crippen molar-refractivity contribution in [2.75, 3.05) is 7.11 Å². The van der Waals surface area contributed by atoms with Crippen molar-refractivity contribution in [3.63, 3.8) is 0 Å². The molecule has 5 nitrogen and oxygen atoms in total. The van der Waals surface area contributed by atoms with E-state index in [9.17, 15) is 13.2 Å². The van der Waals surface area contributed by atoms with E-state index in [1.165, 1.54) is 18.0 Å². The van der Waals surface area contributed by atoms with Crippen molar-refractivity contribution in [2.45, 2.75) is 13.1 Å². The van der Waals surface area contributed by atoms with Crippen LogP contribution in [0, 0.1) is 6.92 Å². The van der Waals surface area contributed by atoms with Crippen molar-refractivity contribution in [3.05, 3.63) is 54.0 Å². The van der Waals surface area contributed by atoms with Crippen molar-refractivity contribution in [2.24, 2.45) is 0 Å². The van der Waals surface area contributed by atoms with Gasteiger partial charge in [-0.15, -0.1) is 0 Å². The van der Waals surface area contributed by atoms with Gasteiger partial charge < -0.3 is 4.74 Å². The first-order chi connectivity index (χ1) is 11.4. The molecule has 0 fully saturated rings. The summed E-state index contributed by atoms with van der Waals surface area (Å²) in [6, 6.07) is 7.56. The summed E-state index contributed by atoms with van der Waals surface area (Å²) < 4.78 is 45.9. The smallest absolute Gasteiger partial charge is 0.433 e. The monoisotopic (exact) mass is 334 g/mol. The van der Waals surface area contributed by atoms with E-state index in [-0.39, 0.29) is 11.6 Å². The van der Waals surface area contributed by atoms with Crippen molar-refractivity contribution in [1.82, 2.24) is 19.7 Å². The summed E-state index contributed by atoms with van der Waals surface area (Å²) in [4.78, 5) is 7.80. The molecular formula is C16H13F3N4O. The summed E-state index contributed by atoms with van der Waals surface area (Å²) in [7, 11) is 1.48. The number of ether oxygens (including phenoxy) is 1. The van der Waals surface area contributed by atoms with Crippen molar-refractivity contribution in [3.8, 4) is 23.0 Å². The Morgan fingerprint density at radius 1 is 1.12 bits per heavy atom. The number of methoxy groups -OCH3 is 1. The quantitative estimate of drug-likeness (QED) is 0.733. The van der Waals surface area contributed by atoms with Gasteiger partial charge in [-0.25, -0.2) is 14.6 Å². The topological polar surface area (TPSA) is 52.8 Å². The molecule has 0 atom stereocenters. The molecule has 24 heavy (non-hydrogen) atoms. The summed E-state index contributed by atoms with van der Waals surface area (Å²) >= 11 is 0. The summed E-state index contributed by atoms with van der Waals surface area (Å²) in [5.41, 5.74) is 0.393. The number of nitrogens with zero attached hydrogens (tertiary/aromatic N) is 4. The van der Waals surface area contributed by atoms with Crippen molar-refractivity contribution >= 4 is 0 Å². The number of hydrogen-bond acceptors (Lipinski definition) is 4. The van der Waals surface area contributed by atoms with Gasteiger partial charge in [-0.2, -0.15) is 18.3 Å². The van der Waals surface area contributed by atoms with Crippen molar-refractivity contribution < 1.29 is 17.9 Å². The number of aryl methyl sites for hydroxylation is 1. The molecule has 0 aliphatic carbocycles. The second-order valence-corrected chi connectivity index (χ2v) is 5.13. The third-order valence-electron chi connectivity index (χ3n) is 3.29. The Morgan fingerprint density at radius 3 is 2.54 bits per heavy atom. The highest BCUT2D eigenvalue weighted by Crippen LogP contribution is 2.31. The van der Waals surface area contributed by atoms with Gasteiger partial charge >= 0.3 is 6.18 Å². The molecule has 3 rings (SSSR count). The Hall–Kier alpha value is -2.90. The van der Waals surface area contributed by atoms with Crippen molar-refractivity contribution in [1.29, 1.82) is 0 Å². The number of rotatable bonds is 3. The zero-order chi connectivity index (χ0) is 17.3. The van der Waals surface area contributed by atoms with E-state index in [2.05, 4.69) is 15.1 Å². The molecule has 0 bridgehead atoms. The Labute approximate surface area is 135 Å². The van der Waals surface area contributed by atoms with Crippen LogP contribution in [0.1, 0.15) is 11.3 Å². The Kier molecular flexibility index (Phi) is 3.96. The van der Waals surface area contributed by atoms with Gasteiger partial charge in [-0.1, -0.05) is 12.1 Å². The second kappa shape index (κ2) is 5.95. The molecule has 2 heterocycles. The number of benzene rings is 1. The minimum atomic E-state index is -4.59. The molecule has 0 amide bonds. The van der Waals surface area contributed by atoms with Gasteiger partial charge in [0.05, 0.1) is 19.0 Å². The molecule has 124 valence electrons. The fraction of sp³-hybridized carbons (Fsp3) is 0.188. The molecule has 1 aromatic carbocycles. The van der Waals surface area contributed by atoms with Gasteiger partial charge in [-0.05, 0) is 30.7 Å². The predicted octanol–water partition coefficient (Wildman–Crippen LogP) is 3.67.